The second-order valence-electron chi connectivity index (χ2n) is 6.97. The standard InChI is InChI=1S/C18H27FN2O2/c1-12(2)16(20)14(10-19)11-23-15-8-6-13(7-9-15)17(22)21-18(3,4)5/h6-10,12,16H,11,20H2,1-5H3,(H,21,22)/b14-10-/t16-/m0/s1. The molecule has 0 saturated carbocycles. The van der Waals surface area contributed by atoms with Gasteiger partial charge < -0.3 is 15.8 Å². The molecule has 1 aromatic carbocycles. The van der Waals surface area contributed by atoms with E-state index in [1.165, 1.54) is 0 Å². The Morgan fingerprint density at radius 3 is 2.30 bits per heavy atom. The Bertz CT molecular complexity index is 545. The van der Waals surface area contributed by atoms with E-state index in [4.69, 9.17) is 10.5 Å². The van der Waals surface area contributed by atoms with Crippen molar-refractivity contribution in [1.29, 1.82) is 0 Å². The molecule has 0 aliphatic heterocycles. The molecule has 0 heterocycles. The summed E-state index contributed by atoms with van der Waals surface area (Å²) in [6, 6.07) is 6.36. The molecule has 1 amide bonds. The molecule has 0 aliphatic carbocycles. The van der Waals surface area contributed by atoms with E-state index in [0.29, 0.717) is 23.2 Å². The number of halogens is 1. The zero-order chi connectivity index (χ0) is 17.6. The smallest absolute Gasteiger partial charge is 0.251 e. The molecular weight excluding hydrogens is 295 g/mol. The Morgan fingerprint density at radius 1 is 1.30 bits per heavy atom. The first-order valence-electron chi connectivity index (χ1n) is 7.74. The van der Waals surface area contributed by atoms with Crippen LogP contribution in [0.1, 0.15) is 45.0 Å². The molecule has 1 aromatic rings. The maximum Gasteiger partial charge on any atom is 0.251 e. The van der Waals surface area contributed by atoms with Crippen LogP contribution in [-0.4, -0.2) is 24.1 Å². The minimum atomic E-state index is -0.378. The van der Waals surface area contributed by atoms with E-state index in [0.717, 1.165) is 0 Å². The van der Waals surface area contributed by atoms with Gasteiger partial charge in [0.05, 0.1) is 6.33 Å². The average molecular weight is 322 g/mol. The van der Waals surface area contributed by atoms with Gasteiger partial charge >= 0.3 is 0 Å². The van der Waals surface area contributed by atoms with E-state index in [9.17, 15) is 9.18 Å². The number of hydrogen-bond acceptors (Lipinski definition) is 3. The Kier molecular flexibility index (Phi) is 6.76. The number of carbonyl (C=O) groups is 1. The van der Waals surface area contributed by atoms with E-state index in [1.807, 2.05) is 34.6 Å². The molecule has 0 unspecified atom stereocenters. The summed E-state index contributed by atoms with van der Waals surface area (Å²) in [5.74, 6) is 0.548. The number of ether oxygens (including phenoxy) is 1. The van der Waals surface area contributed by atoms with Crippen molar-refractivity contribution in [2.45, 2.75) is 46.2 Å². The summed E-state index contributed by atoms with van der Waals surface area (Å²) in [6.45, 7) is 9.71. The summed E-state index contributed by atoms with van der Waals surface area (Å²) in [5.41, 5.74) is 6.59. The van der Waals surface area contributed by atoms with Crippen molar-refractivity contribution in [3.63, 3.8) is 0 Å². The lowest BCUT2D eigenvalue weighted by Gasteiger charge is -2.20. The first-order valence-corrected chi connectivity index (χ1v) is 7.74. The van der Waals surface area contributed by atoms with Gasteiger partial charge in [-0.05, 0) is 51.0 Å². The Morgan fingerprint density at radius 2 is 1.87 bits per heavy atom. The van der Waals surface area contributed by atoms with Crippen LogP contribution in [0.3, 0.4) is 0 Å². The van der Waals surface area contributed by atoms with E-state index in [1.54, 1.807) is 24.3 Å². The van der Waals surface area contributed by atoms with Crippen molar-refractivity contribution in [3.05, 3.63) is 41.7 Å². The number of nitrogens with two attached hydrogens (primary N) is 1. The topological polar surface area (TPSA) is 64.3 Å². The highest BCUT2D eigenvalue weighted by atomic mass is 19.1. The number of rotatable bonds is 6. The molecule has 23 heavy (non-hydrogen) atoms. The van der Waals surface area contributed by atoms with E-state index in [2.05, 4.69) is 5.32 Å². The number of nitrogens with one attached hydrogen (secondary N) is 1. The van der Waals surface area contributed by atoms with Crippen molar-refractivity contribution in [3.8, 4) is 5.75 Å². The summed E-state index contributed by atoms with van der Waals surface area (Å²) in [5, 5.41) is 2.89. The van der Waals surface area contributed by atoms with Crippen LogP contribution in [0, 0.1) is 5.92 Å². The Balaban J connectivity index is 2.66. The number of hydrogen-bond donors (Lipinski definition) is 2. The Labute approximate surface area is 137 Å². The minimum absolute atomic E-state index is 0.0867. The molecule has 0 aliphatic rings. The van der Waals surface area contributed by atoms with Gasteiger partial charge in [0.2, 0.25) is 0 Å². The quantitative estimate of drug-likeness (QED) is 0.843. The molecule has 0 saturated heterocycles. The van der Waals surface area contributed by atoms with Gasteiger partial charge in [0, 0.05) is 22.7 Å². The second kappa shape index (κ2) is 8.11. The average Bonchev–Trinajstić information content (AvgIpc) is 2.46. The minimum Gasteiger partial charge on any atom is -0.489 e. The molecule has 0 fully saturated rings. The normalized spacial score (nSPS) is 13.8. The molecule has 1 atom stereocenters. The fourth-order valence-electron chi connectivity index (χ4n) is 1.91. The number of amides is 1. The van der Waals surface area contributed by atoms with Gasteiger partial charge in [-0.3, -0.25) is 4.79 Å². The van der Waals surface area contributed by atoms with Crippen LogP contribution < -0.4 is 15.8 Å². The third-order valence-corrected chi connectivity index (χ3v) is 3.30. The molecule has 0 radical (unpaired) electrons. The van der Waals surface area contributed by atoms with Crippen LogP contribution in [-0.2, 0) is 0 Å². The van der Waals surface area contributed by atoms with Crippen LogP contribution in [0.15, 0.2) is 36.2 Å². The highest BCUT2D eigenvalue weighted by Crippen LogP contribution is 2.16. The lowest BCUT2D eigenvalue weighted by atomic mass is 9.98. The fourth-order valence-corrected chi connectivity index (χ4v) is 1.91. The van der Waals surface area contributed by atoms with E-state index < -0.39 is 0 Å². The second-order valence-corrected chi connectivity index (χ2v) is 6.97. The van der Waals surface area contributed by atoms with E-state index in [-0.39, 0.29) is 30.0 Å². The van der Waals surface area contributed by atoms with E-state index >= 15 is 0 Å². The zero-order valence-electron chi connectivity index (χ0n) is 14.5. The number of benzene rings is 1. The lowest BCUT2D eigenvalue weighted by Crippen LogP contribution is -2.40. The first kappa shape index (κ1) is 19.2. The maximum atomic E-state index is 12.9. The van der Waals surface area contributed by atoms with Crippen molar-refractivity contribution in [2.75, 3.05) is 6.61 Å². The van der Waals surface area contributed by atoms with Crippen LogP contribution in [0.5, 0.6) is 5.75 Å². The summed E-state index contributed by atoms with van der Waals surface area (Å²) in [6.07, 6.45) is 0.510. The molecule has 3 N–H and O–H groups in total. The maximum absolute atomic E-state index is 12.9. The van der Waals surface area contributed by atoms with Crippen LogP contribution in [0.25, 0.3) is 0 Å². The summed E-state index contributed by atoms with van der Waals surface area (Å²) in [4.78, 5) is 12.0. The van der Waals surface area contributed by atoms with Crippen molar-refractivity contribution >= 4 is 5.91 Å². The van der Waals surface area contributed by atoms with Crippen molar-refractivity contribution in [2.24, 2.45) is 11.7 Å². The molecule has 5 heteroatoms. The molecule has 128 valence electrons. The molecule has 0 aromatic heterocycles. The van der Waals surface area contributed by atoms with Gasteiger partial charge in [-0.15, -0.1) is 0 Å². The van der Waals surface area contributed by atoms with Gasteiger partial charge in [0.25, 0.3) is 5.91 Å². The SMILES string of the molecule is CC(C)[C@H](N)/C(=C\F)COc1ccc(C(=O)NC(C)(C)C)cc1. The van der Waals surface area contributed by atoms with Gasteiger partial charge in [-0.2, -0.15) is 0 Å². The predicted octanol–water partition coefficient (Wildman–Crippen LogP) is 3.43. The lowest BCUT2D eigenvalue weighted by molar-refractivity contribution is 0.0919. The molecule has 0 bridgehead atoms. The fraction of sp³-hybridized carbons (Fsp3) is 0.500. The first-order chi connectivity index (χ1) is 10.6. The van der Waals surface area contributed by atoms with Gasteiger partial charge in [0.1, 0.15) is 12.4 Å². The third kappa shape index (κ3) is 6.40. The summed E-state index contributed by atoms with van der Waals surface area (Å²) < 4.78 is 18.5. The third-order valence-electron chi connectivity index (χ3n) is 3.30. The Hall–Kier alpha value is -1.88. The molecule has 0 spiro atoms. The van der Waals surface area contributed by atoms with Gasteiger partial charge in [-0.25, -0.2) is 4.39 Å². The zero-order valence-corrected chi connectivity index (χ0v) is 14.5. The highest BCUT2D eigenvalue weighted by molar-refractivity contribution is 5.94. The summed E-state index contributed by atoms with van der Waals surface area (Å²) >= 11 is 0. The van der Waals surface area contributed by atoms with Crippen LogP contribution >= 0.6 is 0 Å². The van der Waals surface area contributed by atoms with Crippen molar-refractivity contribution < 1.29 is 13.9 Å². The molecular formula is C18H27FN2O2. The predicted molar refractivity (Wildman–Crippen MR) is 91.2 cm³/mol. The molecule has 4 nitrogen and oxygen atoms in total. The monoisotopic (exact) mass is 322 g/mol. The summed E-state index contributed by atoms with van der Waals surface area (Å²) in [7, 11) is 0. The van der Waals surface area contributed by atoms with Crippen LogP contribution in [0.2, 0.25) is 0 Å². The van der Waals surface area contributed by atoms with Gasteiger partial charge in [-0.1, -0.05) is 13.8 Å². The van der Waals surface area contributed by atoms with Crippen molar-refractivity contribution in [1.82, 2.24) is 5.32 Å². The largest absolute Gasteiger partial charge is 0.489 e. The van der Waals surface area contributed by atoms with Gasteiger partial charge in [0.15, 0.2) is 0 Å². The highest BCUT2D eigenvalue weighted by Gasteiger charge is 2.16. The van der Waals surface area contributed by atoms with Crippen LogP contribution in [0.4, 0.5) is 4.39 Å². The number of carbonyl (C=O) groups excluding carboxylic acids is 1. The molecule has 1 rings (SSSR count).